The predicted molar refractivity (Wildman–Crippen MR) is 210 cm³/mol. The monoisotopic (exact) mass is 809 g/mol. The van der Waals surface area contributed by atoms with Gasteiger partial charge >= 0.3 is 6.09 Å². The smallest absolute Gasteiger partial charge is 0.408 e. The molecule has 1 saturated heterocycles. The fraction of sp³-hybridized carbons (Fsp3) is 0.634. The highest BCUT2D eigenvalue weighted by molar-refractivity contribution is 7.91. The Balaban J connectivity index is 1.22. The first-order valence-corrected chi connectivity index (χ1v) is 21.9. The molecule has 3 fully saturated rings. The Kier molecular flexibility index (Phi) is 11.4. The van der Waals surface area contributed by atoms with Gasteiger partial charge in [-0.15, -0.1) is 0 Å². The van der Waals surface area contributed by atoms with E-state index < -0.39 is 74.3 Å². The lowest BCUT2D eigenvalue weighted by molar-refractivity contribution is -0.142. The van der Waals surface area contributed by atoms with Gasteiger partial charge in [0.2, 0.25) is 27.7 Å². The highest BCUT2D eigenvalue weighted by atomic mass is 32.2. The minimum Gasteiger partial charge on any atom is -0.486 e. The van der Waals surface area contributed by atoms with E-state index >= 15 is 0 Å². The largest absolute Gasteiger partial charge is 0.486 e. The third-order valence-electron chi connectivity index (χ3n) is 12.4. The molecule has 7 rings (SSSR count). The maximum absolute atomic E-state index is 14.9. The number of alkyl carbamates (subject to hydrolysis) is 1. The number of ether oxygens (including phenoxy) is 4. The molecule has 4 amide bonds. The average Bonchev–Trinajstić information content (AvgIpc) is 4.12. The molecule has 57 heavy (non-hydrogen) atoms. The van der Waals surface area contributed by atoms with Gasteiger partial charge in [0, 0.05) is 29.3 Å². The highest BCUT2D eigenvalue weighted by Crippen LogP contribution is 2.46. The first-order chi connectivity index (χ1) is 27.2. The van der Waals surface area contributed by atoms with Crippen molar-refractivity contribution in [3.63, 3.8) is 0 Å². The van der Waals surface area contributed by atoms with Gasteiger partial charge in [0.15, 0.2) is 11.5 Å². The van der Waals surface area contributed by atoms with Crippen LogP contribution in [-0.2, 0) is 29.1 Å². The molecule has 4 heterocycles. The number of sulfonamides is 1. The van der Waals surface area contributed by atoms with Crippen LogP contribution in [0.25, 0.3) is 10.8 Å². The van der Waals surface area contributed by atoms with E-state index in [1.807, 2.05) is 45.9 Å². The molecule has 310 valence electrons. The van der Waals surface area contributed by atoms with Crippen molar-refractivity contribution in [1.29, 1.82) is 0 Å². The second kappa shape index (κ2) is 16.0. The molecule has 5 aliphatic rings. The van der Waals surface area contributed by atoms with E-state index in [1.54, 1.807) is 18.3 Å². The molecule has 1 aromatic heterocycles. The van der Waals surface area contributed by atoms with Crippen molar-refractivity contribution in [2.24, 2.45) is 17.8 Å². The Morgan fingerprint density at radius 2 is 1.81 bits per heavy atom. The summed E-state index contributed by atoms with van der Waals surface area (Å²) in [5, 5.41) is 6.54. The van der Waals surface area contributed by atoms with Crippen LogP contribution in [0, 0.1) is 17.8 Å². The number of carbonyl (C=O) groups is 4. The number of pyridine rings is 1. The summed E-state index contributed by atoms with van der Waals surface area (Å²) in [7, 11) is -3.91. The maximum Gasteiger partial charge on any atom is 0.408 e. The number of nitrogens with one attached hydrogen (secondary N) is 3. The van der Waals surface area contributed by atoms with E-state index in [2.05, 4.69) is 27.3 Å². The van der Waals surface area contributed by atoms with Crippen molar-refractivity contribution >= 4 is 44.6 Å². The Bertz CT molecular complexity index is 2030. The zero-order valence-corrected chi connectivity index (χ0v) is 34.2. The summed E-state index contributed by atoms with van der Waals surface area (Å²) in [6.07, 6.45) is 8.34. The number of hydrogen-bond acceptors (Lipinski definition) is 11. The van der Waals surface area contributed by atoms with Crippen LogP contribution in [0.5, 0.6) is 17.4 Å². The van der Waals surface area contributed by atoms with Gasteiger partial charge in [-0.3, -0.25) is 19.1 Å². The summed E-state index contributed by atoms with van der Waals surface area (Å²) >= 11 is 0. The van der Waals surface area contributed by atoms with Gasteiger partial charge in [0.05, 0.1) is 11.8 Å². The van der Waals surface area contributed by atoms with Gasteiger partial charge in [-0.05, 0) is 88.3 Å². The van der Waals surface area contributed by atoms with Crippen molar-refractivity contribution in [3.05, 3.63) is 36.5 Å². The van der Waals surface area contributed by atoms with Crippen LogP contribution in [-0.4, -0.2) is 96.5 Å². The molecule has 3 aliphatic heterocycles. The number of nitrogens with zero attached hydrogens (tertiary/aromatic N) is 2. The van der Waals surface area contributed by atoms with Crippen molar-refractivity contribution < 1.29 is 46.5 Å². The van der Waals surface area contributed by atoms with E-state index in [9.17, 15) is 27.6 Å². The number of aromatic nitrogens is 1. The zero-order chi connectivity index (χ0) is 40.7. The van der Waals surface area contributed by atoms with Crippen LogP contribution in [0.1, 0.15) is 92.4 Å². The lowest BCUT2D eigenvalue weighted by Crippen LogP contribution is -2.59. The van der Waals surface area contributed by atoms with E-state index in [0.717, 1.165) is 11.8 Å². The van der Waals surface area contributed by atoms with E-state index in [4.69, 9.17) is 18.9 Å². The Hall–Kier alpha value is -4.60. The molecule has 0 spiro atoms. The van der Waals surface area contributed by atoms with Crippen LogP contribution in [0.3, 0.4) is 0 Å². The van der Waals surface area contributed by atoms with E-state index in [0.29, 0.717) is 68.6 Å². The molecule has 0 bridgehead atoms. The van der Waals surface area contributed by atoms with Crippen LogP contribution in [0.15, 0.2) is 36.5 Å². The quantitative estimate of drug-likeness (QED) is 0.302. The predicted octanol–water partition coefficient (Wildman–Crippen LogP) is 4.52. The number of rotatable bonds is 9. The number of hydrogen-bond donors (Lipinski definition) is 3. The third kappa shape index (κ3) is 8.51. The molecule has 2 aliphatic carbocycles. The van der Waals surface area contributed by atoms with Crippen LogP contribution < -0.4 is 29.6 Å². The SMILES string of the molecule is CCC(C)(CC)OC(=O)N[C@@H]1C(=O)N2C[C@H](Oc3nccc4c5c(ccc34)OCCO5)C[C@H]2C(=O)N[C@]2(C(=O)NS(=O)(=O)C3CC3)C[C@H]2/C=C\CC[C@H](C)C[C@H]1C. The summed E-state index contributed by atoms with van der Waals surface area (Å²) < 4.78 is 52.2. The molecular formula is C41H55N5O10S. The van der Waals surface area contributed by atoms with Gasteiger partial charge in [-0.2, -0.15) is 0 Å². The Morgan fingerprint density at radius 3 is 2.54 bits per heavy atom. The topological polar surface area (TPSA) is 192 Å². The second-order valence-electron chi connectivity index (χ2n) is 16.7. The molecule has 0 unspecified atom stereocenters. The molecule has 2 saturated carbocycles. The number of fused-ring (bicyclic) bond motifs is 5. The zero-order valence-electron chi connectivity index (χ0n) is 33.4. The van der Waals surface area contributed by atoms with E-state index in [-0.39, 0.29) is 37.1 Å². The molecule has 16 heteroatoms. The molecule has 7 atom stereocenters. The van der Waals surface area contributed by atoms with Crippen LogP contribution in [0.4, 0.5) is 4.79 Å². The van der Waals surface area contributed by atoms with Gasteiger partial charge in [-0.1, -0.05) is 39.8 Å². The Labute approximate surface area is 334 Å². The summed E-state index contributed by atoms with van der Waals surface area (Å²) in [5.74, 6) is -1.10. The van der Waals surface area contributed by atoms with Crippen LogP contribution in [0.2, 0.25) is 0 Å². The standard InChI is InChI=1S/C41H55N5O10S/c1-6-40(5,7-2)56-39(50)43-33-25(4)20-24(3)10-8-9-11-26-22-41(26,38(49)45-57(51,52)28-12-13-28)44-35(47)31-21-27(23-46(31)37(33)48)55-36-30-14-15-32-34(54-19-18-53-32)29(30)16-17-42-36/h9,11,14-17,24-28,31,33H,6-8,10,12-13,18-23H2,1-5H3,(H,43,50)(H,44,47)(H,45,49)/b11-9-/t24-,25+,26+,27+,31-,33-,41+/m0/s1. The van der Waals surface area contributed by atoms with Gasteiger partial charge in [-0.25, -0.2) is 18.2 Å². The van der Waals surface area contributed by atoms with Crippen molar-refractivity contribution in [2.75, 3.05) is 19.8 Å². The molecule has 2 aromatic rings. The average molecular weight is 810 g/mol. The van der Waals surface area contributed by atoms with Crippen molar-refractivity contribution in [2.45, 2.75) is 127 Å². The Morgan fingerprint density at radius 1 is 1.05 bits per heavy atom. The first-order valence-electron chi connectivity index (χ1n) is 20.4. The van der Waals surface area contributed by atoms with Crippen molar-refractivity contribution in [1.82, 2.24) is 25.2 Å². The third-order valence-corrected chi connectivity index (χ3v) is 14.2. The van der Waals surface area contributed by atoms with Crippen LogP contribution >= 0.6 is 0 Å². The minimum absolute atomic E-state index is 0.0322. The molecule has 0 radical (unpaired) electrons. The number of allylic oxidation sites excluding steroid dienone is 1. The fourth-order valence-electron chi connectivity index (χ4n) is 8.26. The van der Waals surface area contributed by atoms with Gasteiger partial charge in [0.25, 0.3) is 5.91 Å². The lowest BCUT2D eigenvalue weighted by atomic mass is 9.88. The first kappa shape index (κ1) is 40.6. The van der Waals surface area contributed by atoms with Gasteiger partial charge in [0.1, 0.15) is 42.5 Å². The molecule has 3 N–H and O–H groups in total. The normalized spacial score (nSPS) is 29.8. The van der Waals surface area contributed by atoms with Gasteiger partial charge < -0.3 is 34.5 Å². The summed E-state index contributed by atoms with van der Waals surface area (Å²) in [5.41, 5.74) is -2.26. The summed E-state index contributed by atoms with van der Waals surface area (Å²) in [6, 6.07) is 3.23. The van der Waals surface area contributed by atoms with Crippen molar-refractivity contribution in [3.8, 4) is 17.4 Å². The summed E-state index contributed by atoms with van der Waals surface area (Å²) in [4.78, 5) is 62.8. The molecule has 1 aromatic carbocycles. The number of carbonyl (C=O) groups excluding carboxylic acids is 4. The number of benzene rings is 1. The number of amides is 4. The highest BCUT2D eigenvalue weighted by Gasteiger charge is 2.62. The fourth-order valence-corrected chi connectivity index (χ4v) is 9.63. The molecular weight excluding hydrogens is 755 g/mol. The summed E-state index contributed by atoms with van der Waals surface area (Å²) in [6.45, 7) is 10.5. The minimum atomic E-state index is -3.91. The van der Waals surface area contributed by atoms with E-state index in [1.165, 1.54) is 4.90 Å². The lowest BCUT2D eigenvalue weighted by Gasteiger charge is -2.34. The molecule has 15 nitrogen and oxygen atoms in total. The maximum atomic E-state index is 14.9. The second-order valence-corrected chi connectivity index (χ2v) is 18.7.